The molecule has 0 amide bonds. The van der Waals surface area contributed by atoms with Crippen LogP contribution in [-0.2, 0) is 9.47 Å². The van der Waals surface area contributed by atoms with E-state index < -0.39 is 29.3 Å². The maximum absolute atomic E-state index is 10.9. The van der Waals surface area contributed by atoms with Crippen LogP contribution < -0.4 is 5.82 Å². The number of methoxy groups -OCH3 is 2. The fourth-order valence-corrected chi connectivity index (χ4v) is 0.734. The summed E-state index contributed by atoms with van der Waals surface area (Å²) in [4.78, 5) is 32.5. The number of hydrogen-bond donors (Lipinski definition) is 0. The van der Waals surface area contributed by atoms with E-state index in [1.807, 2.05) is 0 Å². The smallest absolute Gasteiger partial charge is 0.463 e. The van der Waals surface area contributed by atoms with Gasteiger partial charge in [-0.2, -0.15) is 0 Å². The Morgan fingerprint density at radius 3 is 1.64 bits per heavy atom. The maximum atomic E-state index is 10.9. The molecule has 0 unspecified atom stereocenters. The van der Waals surface area contributed by atoms with Crippen LogP contribution in [-0.4, -0.2) is 26.2 Å². The van der Waals surface area contributed by atoms with Gasteiger partial charge in [0.25, 0.3) is 11.5 Å². The van der Waals surface area contributed by atoms with E-state index in [9.17, 15) is 14.4 Å². The van der Waals surface area contributed by atoms with Gasteiger partial charge in [-0.15, -0.1) is 0 Å². The summed E-state index contributed by atoms with van der Waals surface area (Å²) in [5.41, 5.74) is 0. The molecular weight excluding hydrogens is 196 g/mol. The third-order valence-corrected chi connectivity index (χ3v) is 1.32. The lowest BCUT2D eigenvalue weighted by molar-refractivity contribution is 0.0514. The summed E-state index contributed by atoms with van der Waals surface area (Å²) >= 11 is 0. The molecule has 1 heterocycles. The molecule has 1 aromatic heterocycles. The Labute approximate surface area is 77.2 Å². The summed E-state index contributed by atoms with van der Waals surface area (Å²) in [5, 5.41) is 0. The Balaban J connectivity index is 3.22. The van der Waals surface area contributed by atoms with Crippen molar-refractivity contribution in [1.29, 1.82) is 0 Å². The Bertz CT molecular complexity index is 373. The van der Waals surface area contributed by atoms with Gasteiger partial charge in [-0.05, 0) is 0 Å². The predicted molar refractivity (Wildman–Crippen MR) is 39.9 cm³/mol. The molecule has 1 rings (SSSR count). The van der Waals surface area contributed by atoms with E-state index in [0.717, 1.165) is 14.2 Å². The quantitative estimate of drug-likeness (QED) is 0.613. The van der Waals surface area contributed by atoms with Crippen LogP contribution in [0.1, 0.15) is 21.1 Å². The number of carbonyl (C=O) groups excluding carboxylic acids is 2. The highest BCUT2D eigenvalue weighted by atomic mass is 16.6. The van der Waals surface area contributed by atoms with Crippen LogP contribution in [0.25, 0.3) is 0 Å². The van der Waals surface area contributed by atoms with Gasteiger partial charge in [0, 0.05) is 0 Å². The van der Waals surface area contributed by atoms with E-state index in [0.29, 0.717) is 0 Å². The molecule has 0 bridgehead atoms. The molecule has 0 saturated carbocycles. The highest BCUT2D eigenvalue weighted by molar-refractivity contribution is 5.98. The minimum Gasteiger partial charge on any atom is -0.463 e. The predicted octanol–water partition coefficient (Wildman–Crippen LogP) is -0.194. The van der Waals surface area contributed by atoms with E-state index in [2.05, 4.69) is 18.3 Å². The summed E-state index contributed by atoms with van der Waals surface area (Å²) in [7, 11) is 2.13. The van der Waals surface area contributed by atoms with Crippen molar-refractivity contribution in [3.63, 3.8) is 0 Å². The minimum absolute atomic E-state index is 0.607. The molecule has 0 aliphatic carbocycles. The first-order valence-electron chi connectivity index (χ1n) is 3.40. The Morgan fingerprint density at radius 1 is 1.00 bits per heavy atom. The van der Waals surface area contributed by atoms with Gasteiger partial charge in [-0.25, -0.2) is 14.4 Å². The third kappa shape index (κ3) is 1.65. The molecule has 0 aliphatic rings. The molecule has 7 nitrogen and oxygen atoms in total. The average Bonchev–Trinajstić information content (AvgIpc) is 2.58. The van der Waals surface area contributed by atoms with Crippen molar-refractivity contribution in [2.24, 2.45) is 0 Å². The number of rotatable bonds is 2. The number of hydrogen-bond acceptors (Lipinski definition) is 7. The monoisotopic (exact) mass is 202 g/mol. The molecule has 0 aromatic carbocycles. The van der Waals surface area contributed by atoms with Gasteiger partial charge in [0.1, 0.15) is 0 Å². The van der Waals surface area contributed by atoms with E-state index >= 15 is 0 Å². The SMILES string of the molecule is COC(=O)c1oc(=O)oc1C(=O)OC. The number of carbonyl (C=O) groups is 2. The molecule has 0 fully saturated rings. The molecule has 1 aromatic rings. The summed E-state index contributed by atoms with van der Waals surface area (Å²) in [5.74, 6) is -4.37. The highest BCUT2D eigenvalue weighted by Gasteiger charge is 2.27. The van der Waals surface area contributed by atoms with E-state index in [-0.39, 0.29) is 0 Å². The normalized spacial score (nSPS) is 9.57. The van der Waals surface area contributed by atoms with Gasteiger partial charge in [0.2, 0.25) is 0 Å². The first kappa shape index (κ1) is 10.0. The molecule has 7 heteroatoms. The lowest BCUT2D eigenvalue weighted by atomic mass is 10.4. The van der Waals surface area contributed by atoms with E-state index in [4.69, 9.17) is 0 Å². The standard InChI is InChI=1S/C7H6O7/c1-11-5(8)3-4(6(9)12-2)14-7(10)13-3/h1-2H3. The Hall–Kier alpha value is -2.05. The van der Waals surface area contributed by atoms with Gasteiger partial charge in [0.05, 0.1) is 14.2 Å². The Kier molecular flexibility index (Phi) is 2.70. The molecule has 0 saturated heterocycles. The molecule has 0 aliphatic heterocycles. The van der Waals surface area contributed by atoms with Crippen LogP contribution in [0, 0.1) is 0 Å². The molecule has 14 heavy (non-hydrogen) atoms. The first-order chi connectivity index (χ1) is 6.60. The van der Waals surface area contributed by atoms with Crippen molar-refractivity contribution in [3.8, 4) is 0 Å². The fourth-order valence-electron chi connectivity index (χ4n) is 0.734. The lowest BCUT2D eigenvalue weighted by Crippen LogP contribution is -2.08. The second kappa shape index (κ2) is 3.77. The zero-order chi connectivity index (χ0) is 10.7. The second-order valence-electron chi connectivity index (χ2n) is 2.10. The van der Waals surface area contributed by atoms with Crippen molar-refractivity contribution in [2.45, 2.75) is 0 Å². The van der Waals surface area contributed by atoms with Crippen molar-refractivity contribution >= 4 is 11.9 Å². The van der Waals surface area contributed by atoms with Gasteiger partial charge < -0.3 is 18.3 Å². The van der Waals surface area contributed by atoms with Gasteiger partial charge >= 0.3 is 17.8 Å². The summed E-state index contributed by atoms with van der Waals surface area (Å²) in [6, 6.07) is 0. The topological polar surface area (TPSA) is 96.0 Å². The van der Waals surface area contributed by atoms with Crippen LogP contribution in [0.5, 0.6) is 0 Å². The van der Waals surface area contributed by atoms with Gasteiger partial charge in [-0.3, -0.25) is 0 Å². The van der Waals surface area contributed by atoms with Crippen LogP contribution in [0.2, 0.25) is 0 Å². The second-order valence-corrected chi connectivity index (χ2v) is 2.10. The van der Waals surface area contributed by atoms with Crippen molar-refractivity contribution in [2.75, 3.05) is 14.2 Å². The molecule has 0 spiro atoms. The van der Waals surface area contributed by atoms with Gasteiger partial charge in [0.15, 0.2) is 0 Å². The minimum atomic E-state index is -1.18. The molecular formula is C7H6O7. The molecule has 76 valence electrons. The van der Waals surface area contributed by atoms with E-state index in [1.54, 1.807) is 0 Å². The van der Waals surface area contributed by atoms with Crippen LogP contribution in [0.3, 0.4) is 0 Å². The van der Waals surface area contributed by atoms with Gasteiger partial charge in [-0.1, -0.05) is 0 Å². The van der Waals surface area contributed by atoms with Crippen LogP contribution >= 0.6 is 0 Å². The number of esters is 2. The summed E-state index contributed by atoms with van der Waals surface area (Å²) < 4.78 is 17.1. The first-order valence-corrected chi connectivity index (χ1v) is 3.40. The maximum Gasteiger partial charge on any atom is 0.520 e. The molecule has 0 atom stereocenters. The van der Waals surface area contributed by atoms with Crippen LogP contribution in [0.4, 0.5) is 0 Å². The van der Waals surface area contributed by atoms with Crippen molar-refractivity contribution in [1.82, 2.24) is 0 Å². The van der Waals surface area contributed by atoms with Crippen molar-refractivity contribution < 1.29 is 27.9 Å². The molecule has 0 radical (unpaired) electrons. The van der Waals surface area contributed by atoms with Crippen molar-refractivity contribution in [3.05, 3.63) is 22.1 Å². The Morgan fingerprint density at radius 2 is 1.36 bits per heavy atom. The lowest BCUT2D eigenvalue weighted by Gasteiger charge is -1.95. The molecule has 0 N–H and O–H groups in total. The third-order valence-electron chi connectivity index (χ3n) is 1.32. The summed E-state index contributed by atoms with van der Waals surface area (Å²) in [6.07, 6.45) is 0. The van der Waals surface area contributed by atoms with E-state index in [1.165, 1.54) is 0 Å². The van der Waals surface area contributed by atoms with Crippen LogP contribution in [0.15, 0.2) is 13.6 Å². The summed E-state index contributed by atoms with van der Waals surface area (Å²) in [6.45, 7) is 0. The zero-order valence-electron chi connectivity index (χ0n) is 7.36. The average molecular weight is 202 g/mol. The largest absolute Gasteiger partial charge is 0.520 e. The highest BCUT2D eigenvalue weighted by Crippen LogP contribution is 2.09. The zero-order valence-corrected chi connectivity index (χ0v) is 7.36. The number of ether oxygens (including phenoxy) is 2. The fraction of sp³-hybridized carbons (Fsp3) is 0.286.